The maximum absolute atomic E-state index is 13.7. The van der Waals surface area contributed by atoms with Crippen molar-refractivity contribution in [2.45, 2.75) is 43.7 Å². The molecule has 0 aliphatic rings. The summed E-state index contributed by atoms with van der Waals surface area (Å²) in [5.41, 5.74) is 2.52. The standard InChI is InChI=1S/C29H34ClN3O5S/c1-2-32-39(37,38)26-15-10-22(11-16-26)12-17-28(35)33(21-24-8-13-25(30)14-9-24)27(29(36)31-18-19-34)20-23-6-4-3-5-7-23/h3-11,13-16,27,32,34H,2,12,17-21H2,1H3,(H,31,36)/t27-/m0/s1. The number of rotatable bonds is 14. The summed E-state index contributed by atoms with van der Waals surface area (Å²) in [5, 5.41) is 12.5. The Kier molecular flexibility index (Phi) is 11.5. The summed E-state index contributed by atoms with van der Waals surface area (Å²) in [5.74, 6) is -0.581. The average molecular weight is 572 g/mol. The summed E-state index contributed by atoms with van der Waals surface area (Å²) in [7, 11) is -3.56. The van der Waals surface area contributed by atoms with Crippen LogP contribution in [0.5, 0.6) is 0 Å². The van der Waals surface area contributed by atoms with E-state index >= 15 is 0 Å². The number of benzene rings is 3. The van der Waals surface area contributed by atoms with Crippen molar-refractivity contribution in [3.8, 4) is 0 Å². The highest BCUT2D eigenvalue weighted by molar-refractivity contribution is 7.89. The molecule has 0 aliphatic heterocycles. The van der Waals surface area contributed by atoms with Gasteiger partial charge in [-0.3, -0.25) is 9.59 Å². The lowest BCUT2D eigenvalue weighted by Crippen LogP contribution is -2.51. The molecule has 2 amide bonds. The second kappa shape index (κ2) is 14.8. The van der Waals surface area contributed by atoms with Crippen LogP contribution in [-0.2, 0) is 39.0 Å². The number of hydrogen-bond acceptors (Lipinski definition) is 5. The summed E-state index contributed by atoms with van der Waals surface area (Å²) in [6.45, 7) is 2.06. The lowest BCUT2D eigenvalue weighted by Gasteiger charge is -2.31. The van der Waals surface area contributed by atoms with E-state index in [9.17, 15) is 23.1 Å². The van der Waals surface area contributed by atoms with Crippen molar-refractivity contribution < 1.29 is 23.1 Å². The summed E-state index contributed by atoms with van der Waals surface area (Å²) in [6.07, 6.45) is 0.785. The molecule has 39 heavy (non-hydrogen) atoms. The SMILES string of the molecule is CCNS(=O)(=O)c1ccc(CCC(=O)N(Cc2ccc(Cl)cc2)[C@@H](Cc2ccccc2)C(=O)NCCO)cc1. The molecule has 8 nitrogen and oxygen atoms in total. The number of hydrogen-bond donors (Lipinski definition) is 3. The quantitative estimate of drug-likeness (QED) is 0.274. The molecule has 0 bridgehead atoms. The predicted molar refractivity (Wildman–Crippen MR) is 152 cm³/mol. The predicted octanol–water partition coefficient (Wildman–Crippen LogP) is 3.32. The lowest BCUT2D eigenvalue weighted by molar-refractivity contribution is -0.141. The van der Waals surface area contributed by atoms with Crippen LogP contribution in [0.4, 0.5) is 0 Å². The highest BCUT2D eigenvalue weighted by Crippen LogP contribution is 2.19. The molecular formula is C29H34ClN3O5S. The molecule has 0 heterocycles. The molecule has 3 rings (SSSR count). The van der Waals surface area contributed by atoms with Gasteiger partial charge in [0.1, 0.15) is 6.04 Å². The van der Waals surface area contributed by atoms with E-state index in [0.717, 1.165) is 16.7 Å². The van der Waals surface area contributed by atoms with E-state index in [4.69, 9.17) is 11.6 Å². The molecule has 0 unspecified atom stereocenters. The Labute approximate surface area is 235 Å². The van der Waals surface area contributed by atoms with E-state index < -0.39 is 16.1 Å². The van der Waals surface area contributed by atoms with Crippen molar-refractivity contribution in [1.82, 2.24) is 14.9 Å². The Morgan fingerprint density at radius 1 is 0.923 bits per heavy atom. The molecule has 208 valence electrons. The number of aliphatic hydroxyl groups is 1. The fraction of sp³-hybridized carbons (Fsp3) is 0.310. The second-order valence-corrected chi connectivity index (χ2v) is 11.2. The van der Waals surface area contributed by atoms with Crippen LogP contribution in [0.2, 0.25) is 5.02 Å². The molecular weight excluding hydrogens is 538 g/mol. The zero-order valence-electron chi connectivity index (χ0n) is 21.8. The number of carbonyl (C=O) groups is 2. The minimum atomic E-state index is -3.56. The monoisotopic (exact) mass is 571 g/mol. The van der Waals surface area contributed by atoms with Crippen molar-refractivity contribution in [3.63, 3.8) is 0 Å². The number of carbonyl (C=O) groups excluding carboxylic acids is 2. The summed E-state index contributed by atoms with van der Waals surface area (Å²) in [6, 6.07) is 22.2. The van der Waals surface area contributed by atoms with Crippen molar-refractivity contribution in [2.75, 3.05) is 19.7 Å². The third-order valence-electron chi connectivity index (χ3n) is 6.14. The van der Waals surface area contributed by atoms with Gasteiger partial charge in [0.15, 0.2) is 0 Å². The first-order valence-electron chi connectivity index (χ1n) is 12.8. The number of halogens is 1. The van der Waals surface area contributed by atoms with Gasteiger partial charge in [0.05, 0.1) is 11.5 Å². The normalized spacial score (nSPS) is 12.1. The number of nitrogens with one attached hydrogen (secondary N) is 2. The van der Waals surface area contributed by atoms with E-state index in [1.54, 1.807) is 36.1 Å². The molecule has 10 heteroatoms. The Morgan fingerprint density at radius 3 is 2.18 bits per heavy atom. The summed E-state index contributed by atoms with van der Waals surface area (Å²) in [4.78, 5) is 28.7. The first-order chi connectivity index (χ1) is 18.7. The van der Waals surface area contributed by atoms with Crippen LogP contribution < -0.4 is 10.0 Å². The third-order valence-corrected chi connectivity index (χ3v) is 7.96. The van der Waals surface area contributed by atoms with Crippen LogP contribution in [0.15, 0.2) is 83.8 Å². The smallest absolute Gasteiger partial charge is 0.243 e. The highest BCUT2D eigenvalue weighted by Gasteiger charge is 2.30. The Bertz CT molecular complexity index is 1320. The van der Waals surface area contributed by atoms with Gasteiger partial charge in [-0.15, -0.1) is 0 Å². The topological polar surface area (TPSA) is 116 Å². The molecule has 0 aromatic heterocycles. The van der Waals surface area contributed by atoms with Crippen LogP contribution in [-0.4, -0.2) is 56.0 Å². The molecule has 0 fully saturated rings. The maximum Gasteiger partial charge on any atom is 0.243 e. The van der Waals surface area contributed by atoms with Crippen molar-refractivity contribution >= 4 is 33.4 Å². The van der Waals surface area contributed by atoms with Crippen LogP contribution >= 0.6 is 11.6 Å². The fourth-order valence-corrected chi connectivity index (χ4v) is 5.31. The number of aliphatic hydroxyl groups excluding tert-OH is 1. The maximum atomic E-state index is 13.7. The van der Waals surface area contributed by atoms with Crippen molar-refractivity contribution in [2.24, 2.45) is 0 Å². The van der Waals surface area contributed by atoms with Gasteiger partial charge in [0.2, 0.25) is 21.8 Å². The molecule has 3 aromatic carbocycles. The van der Waals surface area contributed by atoms with Crippen LogP contribution in [0.25, 0.3) is 0 Å². The lowest BCUT2D eigenvalue weighted by atomic mass is 10.0. The van der Waals surface area contributed by atoms with E-state index in [0.29, 0.717) is 17.9 Å². The van der Waals surface area contributed by atoms with Gasteiger partial charge in [-0.25, -0.2) is 13.1 Å². The minimum Gasteiger partial charge on any atom is -0.395 e. The first-order valence-corrected chi connectivity index (χ1v) is 14.6. The Morgan fingerprint density at radius 2 is 1.56 bits per heavy atom. The molecule has 3 N–H and O–H groups in total. The van der Waals surface area contributed by atoms with Crippen molar-refractivity contribution in [3.05, 3.63) is 101 Å². The Hall–Kier alpha value is -3.24. The van der Waals surface area contributed by atoms with Gasteiger partial charge >= 0.3 is 0 Å². The van der Waals surface area contributed by atoms with E-state index in [2.05, 4.69) is 10.0 Å². The fourth-order valence-electron chi connectivity index (χ4n) is 4.14. The van der Waals surface area contributed by atoms with Gasteiger partial charge in [-0.1, -0.05) is 73.1 Å². The largest absolute Gasteiger partial charge is 0.395 e. The Balaban J connectivity index is 1.85. The van der Waals surface area contributed by atoms with Gasteiger partial charge in [0.25, 0.3) is 0 Å². The number of amides is 2. The van der Waals surface area contributed by atoms with E-state index in [1.165, 1.54) is 12.1 Å². The van der Waals surface area contributed by atoms with E-state index in [-0.39, 0.29) is 49.4 Å². The number of nitrogens with zero attached hydrogens (tertiary/aromatic N) is 1. The highest BCUT2D eigenvalue weighted by atomic mass is 35.5. The number of sulfonamides is 1. The molecule has 0 aliphatic carbocycles. The molecule has 0 saturated heterocycles. The second-order valence-electron chi connectivity index (χ2n) is 9.01. The molecule has 0 saturated carbocycles. The van der Waals surface area contributed by atoms with Gasteiger partial charge in [-0.2, -0.15) is 0 Å². The summed E-state index contributed by atoms with van der Waals surface area (Å²) >= 11 is 6.05. The molecule has 0 radical (unpaired) electrons. The van der Waals surface area contributed by atoms with Crippen LogP contribution in [0.1, 0.15) is 30.0 Å². The molecule has 0 spiro atoms. The first kappa shape index (κ1) is 30.3. The number of aryl methyl sites for hydroxylation is 1. The van der Waals surface area contributed by atoms with Gasteiger partial charge in [0, 0.05) is 37.5 Å². The van der Waals surface area contributed by atoms with E-state index in [1.807, 2.05) is 42.5 Å². The zero-order chi connectivity index (χ0) is 28.3. The average Bonchev–Trinajstić information content (AvgIpc) is 2.94. The molecule has 3 aromatic rings. The van der Waals surface area contributed by atoms with Gasteiger partial charge in [-0.05, 0) is 47.4 Å². The van der Waals surface area contributed by atoms with Crippen LogP contribution in [0, 0.1) is 0 Å². The summed E-state index contributed by atoms with van der Waals surface area (Å²) < 4.78 is 26.9. The van der Waals surface area contributed by atoms with Gasteiger partial charge < -0.3 is 15.3 Å². The van der Waals surface area contributed by atoms with Crippen LogP contribution in [0.3, 0.4) is 0 Å². The van der Waals surface area contributed by atoms with Crippen molar-refractivity contribution in [1.29, 1.82) is 0 Å². The third kappa shape index (κ3) is 9.18. The zero-order valence-corrected chi connectivity index (χ0v) is 23.4. The molecule has 1 atom stereocenters. The minimum absolute atomic E-state index is 0.0786.